The number of likely N-dealkylation sites (N-methyl/N-ethyl adjacent to an activating group) is 1. The number of aliphatic hydroxyl groups excluding tert-OH is 2. The van der Waals surface area contributed by atoms with Crippen molar-refractivity contribution in [3.8, 4) is 11.8 Å². The molecule has 302 valence electrons. The summed E-state index contributed by atoms with van der Waals surface area (Å²) in [6.07, 6.45) is 13.6. The number of allylic oxidation sites excluding steroid dienone is 5. The highest BCUT2D eigenvalue weighted by Gasteiger charge is 2.68. The van der Waals surface area contributed by atoms with Crippen LogP contribution in [0.4, 0.5) is 0 Å². The van der Waals surface area contributed by atoms with Gasteiger partial charge in [0, 0.05) is 36.8 Å². The summed E-state index contributed by atoms with van der Waals surface area (Å²) in [6.45, 7) is 11.9. The Morgan fingerprint density at radius 2 is 2.05 bits per heavy atom. The second kappa shape index (κ2) is 18.3. The topological polar surface area (TPSA) is 154 Å². The fraction of sp³-hybridized carbons (Fsp3) is 0.574. The maximum absolute atomic E-state index is 14.3. The Morgan fingerprint density at radius 3 is 2.84 bits per heavy atom. The number of fused-ring (bicyclic) bond motifs is 2. The molecule has 3 saturated carbocycles. The molecule has 56 heavy (non-hydrogen) atoms. The lowest BCUT2D eigenvalue weighted by Gasteiger charge is -2.57. The van der Waals surface area contributed by atoms with Crippen LogP contribution in [0.2, 0.25) is 0 Å². The molecule has 3 aliphatic carbocycles. The number of carbonyl (C=O) groups excluding carboxylic acids is 2. The summed E-state index contributed by atoms with van der Waals surface area (Å²) in [5.74, 6) is 5.74. The quantitative estimate of drug-likeness (QED) is 0.108. The molecule has 9 nitrogen and oxygen atoms in total. The minimum Gasteiger partial charge on any atom is -0.396 e. The third kappa shape index (κ3) is 8.48. The van der Waals surface area contributed by atoms with Crippen molar-refractivity contribution in [3.63, 3.8) is 0 Å². The summed E-state index contributed by atoms with van der Waals surface area (Å²) in [4.78, 5) is 26.8. The standard InChI is InChI=1S/C47H63N3O6/c1-5-49-40-20-19-30(2)12-6-7-25-56-29-35(15-8-13-31(40)3)43-34-16-10-22-46(55)23-21-36(39(18-11-24-51)47(46,28-34)44(43)54)32(4)41(52)26-33-14-9-17-37-38(33)27-42(53)50-45(37)48/h8-9,13-15,17,19,34,39-40,43-45,49,51,54-55H,3,5,10-12,16,18,20-29,48H2,1-2,4H3,(H,50,53)/b13-8+,30-19+,35-15-,36-32+/t34-,39-,40-,43-,44-,45-,46-,47-/m1/s1. The van der Waals surface area contributed by atoms with Crippen LogP contribution in [-0.2, 0) is 27.2 Å². The highest BCUT2D eigenvalue weighted by molar-refractivity contribution is 5.97. The van der Waals surface area contributed by atoms with E-state index in [4.69, 9.17) is 10.5 Å². The van der Waals surface area contributed by atoms with Gasteiger partial charge >= 0.3 is 0 Å². The van der Waals surface area contributed by atoms with E-state index >= 15 is 0 Å². The van der Waals surface area contributed by atoms with Gasteiger partial charge in [-0.2, -0.15) is 0 Å². The van der Waals surface area contributed by atoms with Gasteiger partial charge in [-0.3, -0.25) is 9.59 Å². The second-order valence-corrected chi connectivity index (χ2v) is 16.9. The lowest BCUT2D eigenvalue weighted by molar-refractivity contribution is -0.181. The van der Waals surface area contributed by atoms with Crippen molar-refractivity contribution < 1.29 is 29.6 Å². The molecule has 0 unspecified atom stereocenters. The highest BCUT2D eigenvalue weighted by Crippen LogP contribution is 2.67. The van der Waals surface area contributed by atoms with Gasteiger partial charge in [-0.25, -0.2) is 0 Å². The van der Waals surface area contributed by atoms with Crippen molar-refractivity contribution in [1.29, 1.82) is 0 Å². The molecule has 3 fully saturated rings. The summed E-state index contributed by atoms with van der Waals surface area (Å²) in [7, 11) is 0. The van der Waals surface area contributed by atoms with Crippen LogP contribution in [0.3, 0.4) is 0 Å². The number of carbonyl (C=O) groups is 2. The first kappa shape index (κ1) is 42.0. The van der Waals surface area contributed by atoms with Gasteiger partial charge in [0.2, 0.25) is 5.91 Å². The number of amides is 1. The van der Waals surface area contributed by atoms with E-state index in [0.29, 0.717) is 57.1 Å². The molecule has 0 aromatic heterocycles. The number of hydrogen-bond acceptors (Lipinski definition) is 8. The first-order chi connectivity index (χ1) is 26.9. The van der Waals surface area contributed by atoms with E-state index in [2.05, 4.69) is 55.1 Å². The molecule has 7 N–H and O–H groups in total. The first-order valence-electron chi connectivity index (χ1n) is 20.8. The lowest BCUT2D eigenvalue weighted by atomic mass is 9.51. The Hall–Kier alpha value is -3.62. The number of hydrogen-bond donors (Lipinski definition) is 6. The molecule has 2 heterocycles. The highest BCUT2D eigenvalue weighted by atomic mass is 16.5. The van der Waals surface area contributed by atoms with Gasteiger partial charge in [0.05, 0.1) is 24.7 Å². The van der Waals surface area contributed by atoms with Crippen LogP contribution in [0.15, 0.2) is 76.9 Å². The molecule has 8 atom stereocenters. The molecule has 1 amide bonds. The van der Waals surface area contributed by atoms with Gasteiger partial charge in [-0.15, -0.1) is 0 Å². The Balaban J connectivity index is 1.37. The van der Waals surface area contributed by atoms with Gasteiger partial charge in [0.25, 0.3) is 0 Å². The van der Waals surface area contributed by atoms with Crippen LogP contribution in [0.1, 0.15) is 108 Å². The third-order valence-corrected chi connectivity index (χ3v) is 13.6. The van der Waals surface area contributed by atoms with Crippen molar-refractivity contribution in [2.75, 3.05) is 26.4 Å². The van der Waals surface area contributed by atoms with Crippen LogP contribution in [0.25, 0.3) is 0 Å². The molecule has 2 aliphatic heterocycles. The summed E-state index contributed by atoms with van der Waals surface area (Å²) in [6, 6.07) is 5.77. The van der Waals surface area contributed by atoms with Gasteiger partial charge < -0.3 is 36.4 Å². The van der Waals surface area contributed by atoms with E-state index < -0.39 is 23.3 Å². The van der Waals surface area contributed by atoms with E-state index in [0.717, 1.165) is 59.2 Å². The van der Waals surface area contributed by atoms with E-state index in [1.807, 2.05) is 37.3 Å². The second-order valence-electron chi connectivity index (χ2n) is 16.9. The molecule has 0 radical (unpaired) electrons. The Labute approximate surface area is 333 Å². The minimum absolute atomic E-state index is 0.0235. The molecule has 6 rings (SSSR count). The van der Waals surface area contributed by atoms with Crippen LogP contribution >= 0.6 is 0 Å². The summed E-state index contributed by atoms with van der Waals surface area (Å²) in [5.41, 5.74) is 11.4. The molecular weight excluding hydrogens is 703 g/mol. The number of ether oxygens (including phenoxy) is 1. The third-order valence-electron chi connectivity index (χ3n) is 13.6. The molecule has 1 aromatic rings. The Kier molecular flexibility index (Phi) is 13.7. The zero-order chi connectivity index (χ0) is 40.0. The number of nitrogens with two attached hydrogens (primary N) is 1. The van der Waals surface area contributed by atoms with Crippen LogP contribution < -0.4 is 16.4 Å². The molecule has 9 heteroatoms. The van der Waals surface area contributed by atoms with Gasteiger partial charge in [0.15, 0.2) is 5.78 Å². The molecule has 5 aliphatic rings. The van der Waals surface area contributed by atoms with E-state index in [9.17, 15) is 24.9 Å². The summed E-state index contributed by atoms with van der Waals surface area (Å²) >= 11 is 0. The monoisotopic (exact) mass is 765 g/mol. The zero-order valence-corrected chi connectivity index (χ0v) is 33.7. The summed E-state index contributed by atoms with van der Waals surface area (Å²) < 4.78 is 6.21. The number of aliphatic hydroxyl groups is 3. The van der Waals surface area contributed by atoms with Crippen molar-refractivity contribution in [2.24, 2.45) is 28.9 Å². The average molecular weight is 766 g/mol. The number of nitrogens with one attached hydrogen (secondary N) is 2. The molecule has 1 aromatic carbocycles. The largest absolute Gasteiger partial charge is 0.396 e. The SMILES string of the molecule is C=C1/C=C/C=C(\[C@H]2[C@@H]3CCC[C@@]4(O)CC/C(=C(/C)C(=O)Cc5cccc6c5CC(=O)N[C@H]6N)[C@@H](CCCO)[C@]4(C3)[C@@H]2O)COCC#CC/C(C)=C/C[C@H]1NCC. The lowest BCUT2D eigenvalue weighted by Crippen LogP contribution is -2.61. The van der Waals surface area contributed by atoms with Crippen LogP contribution in [-0.4, -0.2) is 71.1 Å². The van der Waals surface area contributed by atoms with Gasteiger partial charge in [-0.05, 0) is 117 Å². The molecule has 0 saturated heterocycles. The smallest absolute Gasteiger partial charge is 0.225 e. The Bertz CT molecular complexity index is 1850. The number of rotatable bonds is 9. The van der Waals surface area contributed by atoms with Crippen LogP contribution in [0.5, 0.6) is 0 Å². The molecule has 1 spiro atoms. The van der Waals surface area contributed by atoms with Crippen molar-refractivity contribution in [3.05, 3.63) is 93.6 Å². The van der Waals surface area contributed by atoms with E-state index in [-0.39, 0.29) is 61.5 Å². The number of ketones is 1. The van der Waals surface area contributed by atoms with Gasteiger partial charge in [0.1, 0.15) is 12.8 Å². The van der Waals surface area contributed by atoms with Crippen molar-refractivity contribution in [2.45, 2.75) is 122 Å². The predicted octanol–water partition coefficient (Wildman–Crippen LogP) is 5.60. The van der Waals surface area contributed by atoms with Crippen LogP contribution in [0, 0.1) is 35.0 Å². The van der Waals surface area contributed by atoms with Crippen molar-refractivity contribution >= 4 is 11.7 Å². The predicted molar refractivity (Wildman–Crippen MR) is 220 cm³/mol. The summed E-state index contributed by atoms with van der Waals surface area (Å²) in [5, 5.41) is 42.3. The fourth-order valence-electron chi connectivity index (χ4n) is 10.9. The first-order valence-corrected chi connectivity index (χ1v) is 20.8. The normalized spacial score (nSPS) is 35.7. The van der Waals surface area contributed by atoms with Crippen molar-refractivity contribution in [1.82, 2.24) is 10.6 Å². The molecular formula is C47H63N3O6. The molecule has 2 bridgehead atoms. The van der Waals surface area contributed by atoms with E-state index in [1.165, 1.54) is 5.57 Å². The van der Waals surface area contributed by atoms with E-state index in [1.54, 1.807) is 0 Å². The fourth-order valence-corrected chi connectivity index (χ4v) is 10.9. The average Bonchev–Trinajstić information content (AvgIpc) is 3.35. The number of Topliss-reactive ketones (excluding diaryl/α,β-unsaturated/α-hetero) is 1. The zero-order valence-electron chi connectivity index (χ0n) is 33.7. The van der Waals surface area contributed by atoms with Gasteiger partial charge in [-0.1, -0.05) is 85.4 Å². The maximum atomic E-state index is 14.3. The Morgan fingerprint density at radius 1 is 1.23 bits per heavy atom. The minimum atomic E-state index is -1.13. The maximum Gasteiger partial charge on any atom is 0.225 e. The number of benzene rings is 1.